The van der Waals surface area contributed by atoms with Crippen LogP contribution in [0.5, 0.6) is 5.75 Å². The molecule has 1 rings (SSSR count). The summed E-state index contributed by atoms with van der Waals surface area (Å²) >= 11 is 1.75. The molecule has 0 radical (unpaired) electrons. The SMILES string of the molecule is COc1ccc(CSC(C)CO)cc1. The minimum atomic E-state index is 0.237. The highest BCUT2D eigenvalue weighted by molar-refractivity contribution is 7.99. The fraction of sp³-hybridized carbons (Fsp3) is 0.455. The molecule has 0 heterocycles. The topological polar surface area (TPSA) is 29.5 Å². The van der Waals surface area contributed by atoms with Crippen molar-refractivity contribution >= 4 is 11.8 Å². The van der Waals surface area contributed by atoms with Crippen molar-refractivity contribution in [2.75, 3.05) is 13.7 Å². The van der Waals surface area contributed by atoms with Crippen LogP contribution < -0.4 is 4.74 Å². The van der Waals surface area contributed by atoms with Gasteiger partial charge in [0.05, 0.1) is 13.7 Å². The quantitative estimate of drug-likeness (QED) is 0.812. The first kappa shape index (κ1) is 11.4. The van der Waals surface area contributed by atoms with Crippen LogP contribution in [-0.4, -0.2) is 24.1 Å². The van der Waals surface area contributed by atoms with Crippen molar-refractivity contribution in [3.8, 4) is 5.75 Å². The zero-order chi connectivity index (χ0) is 10.4. The van der Waals surface area contributed by atoms with Crippen molar-refractivity contribution in [2.24, 2.45) is 0 Å². The molecule has 0 aromatic heterocycles. The third-order valence-electron chi connectivity index (χ3n) is 1.95. The molecule has 78 valence electrons. The standard InChI is InChI=1S/C11H16O2S/c1-9(7-12)14-8-10-3-5-11(13-2)6-4-10/h3-6,9,12H,7-8H2,1-2H3. The summed E-state index contributed by atoms with van der Waals surface area (Å²) in [6.45, 7) is 2.26. The summed E-state index contributed by atoms with van der Waals surface area (Å²) in [5, 5.41) is 9.16. The van der Waals surface area contributed by atoms with Crippen molar-refractivity contribution in [3.63, 3.8) is 0 Å². The van der Waals surface area contributed by atoms with E-state index in [4.69, 9.17) is 9.84 Å². The second-order valence-corrected chi connectivity index (χ2v) is 4.58. The lowest BCUT2D eigenvalue weighted by Crippen LogP contribution is -2.02. The van der Waals surface area contributed by atoms with Crippen LogP contribution in [0.2, 0.25) is 0 Å². The summed E-state index contributed by atoms with van der Waals surface area (Å²) in [5.74, 6) is 1.82. The van der Waals surface area contributed by atoms with Gasteiger partial charge in [0.1, 0.15) is 5.75 Å². The number of aliphatic hydroxyl groups is 1. The van der Waals surface area contributed by atoms with Gasteiger partial charge in [0.15, 0.2) is 0 Å². The van der Waals surface area contributed by atoms with Crippen LogP contribution in [0.3, 0.4) is 0 Å². The predicted octanol–water partition coefficient (Wildman–Crippen LogP) is 2.31. The molecule has 1 N–H and O–H groups in total. The summed E-state index contributed by atoms with van der Waals surface area (Å²) in [7, 11) is 1.66. The molecule has 0 fully saturated rings. The van der Waals surface area contributed by atoms with E-state index in [0.717, 1.165) is 11.5 Å². The maximum absolute atomic E-state index is 8.85. The van der Waals surface area contributed by atoms with Gasteiger partial charge in [-0.25, -0.2) is 0 Å². The molecule has 0 bridgehead atoms. The largest absolute Gasteiger partial charge is 0.497 e. The van der Waals surface area contributed by atoms with E-state index < -0.39 is 0 Å². The van der Waals surface area contributed by atoms with E-state index in [1.54, 1.807) is 18.9 Å². The van der Waals surface area contributed by atoms with Crippen LogP contribution in [0.15, 0.2) is 24.3 Å². The Morgan fingerprint density at radius 2 is 2.00 bits per heavy atom. The minimum Gasteiger partial charge on any atom is -0.497 e. The molecule has 14 heavy (non-hydrogen) atoms. The van der Waals surface area contributed by atoms with Gasteiger partial charge in [-0.15, -0.1) is 0 Å². The fourth-order valence-electron chi connectivity index (χ4n) is 1.01. The highest BCUT2D eigenvalue weighted by atomic mass is 32.2. The number of aliphatic hydroxyl groups excluding tert-OH is 1. The number of ether oxygens (including phenoxy) is 1. The van der Waals surface area contributed by atoms with Gasteiger partial charge in [-0.1, -0.05) is 19.1 Å². The first-order valence-electron chi connectivity index (χ1n) is 4.61. The van der Waals surface area contributed by atoms with Crippen LogP contribution >= 0.6 is 11.8 Å². The van der Waals surface area contributed by atoms with Crippen LogP contribution in [-0.2, 0) is 5.75 Å². The molecule has 1 unspecified atom stereocenters. The van der Waals surface area contributed by atoms with E-state index in [0.29, 0.717) is 5.25 Å². The van der Waals surface area contributed by atoms with Crippen molar-refractivity contribution in [1.82, 2.24) is 0 Å². The van der Waals surface area contributed by atoms with Gasteiger partial charge >= 0.3 is 0 Å². The van der Waals surface area contributed by atoms with Crippen LogP contribution in [0.1, 0.15) is 12.5 Å². The van der Waals surface area contributed by atoms with Crippen molar-refractivity contribution in [3.05, 3.63) is 29.8 Å². The van der Waals surface area contributed by atoms with Gasteiger partial charge in [-0.05, 0) is 17.7 Å². The number of rotatable bonds is 5. The Balaban J connectivity index is 2.43. The van der Waals surface area contributed by atoms with E-state index in [2.05, 4.69) is 12.1 Å². The molecule has 0 aliphatic rings. The Kier molecular flexibility index (Phi) is 4.84. The molecule has 0 aliphatic heterocycles. The lowest BCUT2D eigenvalue weighted by molar-refractivity contribution is 0.300. The predicted molar refractivity (Wildman–Crippen MR) is 60.8 cm³/mol. The Morgan fingerprint density at radius 3 is 2.50 bits per heavy atom. The maximum Gasteiger partial charge on any atom is 0.118 e. The number of benzene rings is 1. The average Bonchev–Trinajstić information content (AvgIpc) is 2.26. The third-order valence-corrected chi connectivity index (χ3v) is 3.17. The van der Waals surface area contributed by atoms with Crippen molar-refractivity contribution < 1.29 is 9.84 Å². The fourth-order valence-corrected chi connectivity index (χ4v) is 1.79. The number of hydrogen-bond donors (Lipinski definition) is 1. The Hall–Kier alpha value is -0.670. The summed E-state index contributed by atoms with van der Waals surface area (Å²) in [4.78, 5) is 0. The monoisotopic (exact) mass is 212 g/mol. The van der Waals surface area contributed by atoms with Crippen LogP contribution in [0.4, 0.5) is 0 Å². The maximum atomic E-state index is 8.85. The van der Waals surface area contributed by atoms with Gasteiger partial charge in [0.2, 0.25) is 0 Å². The second-order valence-electron chi connectivity index (χ2n) is 3.15. The molecule has 0 spiro atoms. The molecular weight excluding hydrogens is 196 g/mol. The second kappa shape index (κ2) is 5.94. The molecule has 3 heteroatoms. The van der Waals surface area contributed by atoms with Gasteiger partial charge in [-0.2, -0.15) is 11.8 Å². The van der Waals surface area contributed by atoms with E-state index in [-0.39, 0.29) is 6.61 Å². The molecule has 0 aliphatic carbocycles. The smallest absolute Gasteiger partial charge is 0.118 e. The van der Waals surface area contributed by atoms with Gasteiger partial charge in [-0.3, -0.25) is 0 Å². The van der Waals surface area contributed by atoms with Crippen molar-refractivity contribution in [2.45, 2.75) is 17.9 Å². The zero-order valence-electron chi connectivity index (χ0n) is 8.56. The molecule has 0 saturated carbocycles. The Morgan fingerprint density at radius 1 is 1.36 bits per heavy atom. The van der Waals surface area contributed by atoms with E-state index in [9.17, 15) is 0 Å². The number of hydrogen-bond acceptors (Lipinski definition) is 3. The normalized spacial score (nSPS) is 12.5. The molecule has 1 atom stereocenters. The lowest BCUT2D eigenvalue weighted by Gasteiger charge is -2.07. The molecule has 0 saturated heterocycles. The molecular formula is C11H16O2S. The molecule has 1 aromatic carbocycles. The molecule has 2 nitrogen and oxygen atoms in total. The summed E-state index contributed by atoms with van der Waals surface area (Å²) < 4.78 is 5.07. The number of thioether (sulfide) groups is 1. The summed E-state index contributed by atoms with van der Waals surface area (Å²) in [5.41, 5.74) is 1.26. The van der Waals surface area contributed by atoms with Gasteiger partial charge < -0.3 is 9.84 Å². The molecule has 0 amide bonds. The van der Waals surface area contributed by atoms with E-state index in [1.807, 2.05) is 19.1 Å². The average molecular weight is 212 g/mol. The van der Waals surface area contributed by atoms with Crippen molar-refractivity contribution in [1.29, 1.82) is 0 Å². The summed E-state index contributed by atoms with van der Waals surface area (Å²) in [6, 6.07) is 8.02. The first-order valence-corrected chi connectivity index (χ1v) is 5.66. The zero-order valence-corrected chi connectivity index (χ0v) is 9.38. The highest BCUT2D eigenvalue weighted by Gasteiger charge is 2.01. The first-order chi connectivity index (χ1) is 6.76. The van der Waals surface area contributed by atoms with E-state index in [1.165, 1.54) is 5.56 Å². The number of methoxy groups -OCH3 is 1. The lowest BCUT2D eigenvalue weighted by atomic mass is 10.2. The highest BCUT2D eigenvalue weighted by Crippen LogP contribution is 2.19. The molecule has 1 aromatic rings. The van der Waals surface area contributed by atoms with E-state index >= 15 is 0 Å². The Labute approximate surface area is 89.3 Å². The van der Waals surface area contributed by atoms with Crippen LogP contribution in [0, 0.1) is 0 Å². The Bertz CT molecular complexity index is 258. The van der Waals surface area contributed by atoms with Gasteiger partial charge in [0, 0.05) is 11.0 Å². The minimum absolute atomic E-state index is 0.237. The van der Waals surface area contributed by atoms with Crippen LogP contribution in [0.25, 0.3) is 0 Å². The third kappa shape index (κ3) is 3.60. The van der Waals surface area contributed by atoms with Gasteiger partial charge in [0.25, 0.3) is 0 Å². The summed E-state index contributed by atoms with van der Waals surface area (Å²) in [6.07, 6.45) is 0.